The third-order valence-corrected chi connectivity index (χ3v) is 5.22. The molecule has 0 radical (unpaired) electrons. The lowest BCUT2D eigenvalue weighted by Crippen LogP contribution is -2.55. The summed E-state index contributed by atoms with van der Waals surface area (Å²) in [7, 11) is 0. The second-order valence-electron chi connectivity index (χ2n) is 5.44. The van der Waals surface area contributed by atoms with Gasteiger partial charge in [0.05, 0.1) is 10.4 Å². The summed E-state index contributed by atoms with van der Waals surface area (Å²) < 4.78 is 0.819. The zero-order chi connectivity index (χ0) is 13.2. The number of halogens is 1. The lowest BCUT2D eigenvalue weighted by atomic mass is 9.89. The summed E-state index contributed by atoms with van der Waals surface area (Å²) in [6.07, 6.45) is 3.91. The molecular weight excluding hydrogens is 266 g/mol. The number of piperidine rings is 1. The minimum absolute atomic E-state index is 0.00333. The van der Waals surface area contributed by atoms with E-state index in [9.17, 15) is 0 Å². The molecule has 3 nitrogen and oxygen atoms in total. The molecule has 5 heteroatoms. The molecule has 1 unspecified atom stereocenters. The first-order valence-corrected chi connectivity index (χ1v) is 7.71. The highest BCUT2D eigenvalue weighted by Crippen LogP contribution is 2.36. The number of nitrogens with one attached hydrogen (secondary N) is 1. The van der Waals surface area contributed by atoms with Crippen molar-refractivity contribution >= 4 is 22.9 Å². The predicted molar refractivity (Wildman–Crippen MR) is 78.9 cm³/mol. The highest BCUT2D eigenvalue weighted by atomic mass is 35.5. The molecule has 0 aromatic carbocycles. The Labute approximate surface area is 118 Å². The zero-order valence-electron chi connectivity index (χ0n) is 11.1. The number of rotatable bonds is 4. The molecule has 0 saturated carbocycles. The Morgan fingerprint density at radius 3 is 2.50 bits per heavy atom. The number of hydrogen-bond acceptors (Lipinski definition) is 4. The average Bonchev–Trinajstić information content (AvgIpc) is 2.77. The van der Waals surface area contributed by atoms with E-state index in [-0.39, 0.29) is 11.6 Å². The van der Waals surface area contributed by atoms with Gasteiger partial charge >= 0.3 is 0 Å². The van der Waals surface area contributed by atoms with Crippen molar-refractivity contribution in [2.45, 2.75) is 44.7 Å². The average molecular weight is 288 g/mol. The van der Waals surface area contributed by atoms with Crippen LogP contribution in [0.15, 0.2) is 12.1 Å². The Bertz CT molecular complexity index is 385. The smallest absolute Gasteiger partial charge is 0.0931 e. The van der Waals surface area contributed by atoms with Gasteiger partial charge in [-0.25, -0.2) is 0 Å². The van der Waals surface area contributed by atoms with E-state index in [2.05, 4.69) is 30.2 Å². The van der Waals surface area contributed by atoms with Crippen LogP contribution in [0.25, 0.3) is 0 Å². The van der Waals surface area contributed by atoms with Gasteiger partial charge in [0.25, 0.3) is 0 Å². The molecule has 3 N–H and O–H groups in total. The molecule has 102 valence electrons. The first-order chi connectivity index (χ1) is 8.55. The molecule has 0 bridgehead atoms. The molecule has 0 amide bonds. The van der Waals surface area contributed by atoms with Crippen molar-refractivity contribution in [3.05, 3.63) is 21.3 Å². The lowest BCUT2D eigenvalue weighted by Gasteiger charge is -2.45. The van der Waals surface area contributed by atoms with Crippen LogP contribution >= 0.6 is 22.9 Å². The van der Waals surface area contributed by atoms with Crippen LogP contribution < -0.4 is 11.3 Å². The van der Waals surface area contributed by atoms with Crippen molar-refractivity contribution in [1.82, 2.24) is 10.3 Å². The molecular formula is C13H22ClN3S. The van der Waals surface area contributed by atoms with E-state index in [0.29, 0.717) is 0 Å². The maximum Gasteiger partial charge on any atom is 0.0931 e. The largest absolute Gasteiger partial charge is 0.296 e. The van der Waals surface area contributed by atoms with Crippen LogP contribution in [0.5, 0.6) is 0 Å². The fraction of sp³-hybridized carbons (Fsp3) is 0.692. The number of nitrogens with two attached hydrogens (primary N) is 1. The molecule has 1 fully saturated rings. The first-order valence-electron chi connectivity index (χ1n) is 6.52. The highest BCUT2D eigenvalue weighted by Gasteiger charge is 2.37. The van der Waals surface area contributed by atoms with Gasteiger partial charge < -0.3 is 0 Å². The maximum atomic E-state index is 6.03. The van der Waals surface area contributed by atoms with Crippen molar-refractivity contribution in [2.24, 2.45) is 5.84 Å². The third kappa shape index (κ3) is 2.89. The van der Waals surface area contributed by atoms with Crippen molar-refractivity contribution in [2.75, 3.05) is 13.1 Å². The summed E-state index contributed by atoms with van der Waals surface area (Å²) in [5, 5.41) is 0. The van der Waals surface area contributed by atoms with E-state index in [1.807, 2.05) is 6.07 Å². The summed E-state index contributed by atoms with van der Waals surface area (Å²) in [6, 6.07) is 4.13. The summed E-state index contributed by atoms with van der Waals surface area (Å²) in [5.41, 5.74) is 2.98. The summed E-state index contributed by atoms with van der Waals surface area (Å²) in [4.78, 5) is 3.74. The molecule has 1 atom stereocenters. The molecule has 2 heterocycles. The minimum Gasteiger partial charge on any atom is -0.296 e. The summed E-state index contributed by atoms with van der Waals surface area (Å²) >= 11 is 7.64. The summed E-state index contributed by atoms with van der Waals surface area (Å²) in [5.74, 6) is 5.79. The fourth-order valence-electron chi connectivity index (χ4n) is 2.77. The SMILES string of the molecule is CC(C)(C(NN)c1ccc(Cl)s1)N1CCCCC1. The van der Waals surface area contributed by atoms with Crippen molar-refractivity contribution < 1.29 is 0 Å². The van der Waals surface area contributed by atoms with Gasteiger partial charge in [-0.15, -0.1) is 11.3 Å². The van der Waals surface area contributed by atoms with E-state index in [1.54, 1.807) is 11.3 Å². The van der Waals surface area contributed by atoms with Crippen molar-refractivity contribution in [3.8, 4) is 0 Å². The molecule has 18 heavy (non-hydrogen) atoms. The Kier molecular flexibility index (Phi) is 4.67. The molecule has 1 aromatic heterocycles. The van der Waals surface area contributed by atoms with E-state index >= 15 is 0 Å². The molecule has 1 saturated heterocycles. The standard InChI is InChI=1S/C13H22ClN3S/c1-13(2,17-8-4-3-5-9-17)12(16-15)10-6-7-11(14)18-10/h6-7,12,16H,3-5,8-9,15H2,1-2H3. The second kappa shape index (κ2) is 5.88. The first kappa shape index (κ1) is 14.3. The Balaban J connectivity index is 2.19. The zero-order valence-corrected chi connectivity index (χ0v) is 12.7. The van der Waals surface area contributed by atoms with Crippen LogP contribution in [-0.4, -0.2) is 23.5 Å². The van der Waals surface area contributed by atoms with E-state index in [4.69, 9.17) is 17.4 Å². The highest BCUT2D eigenvalue weighted by molar-refractivity contribution is 7.16. The Hall–Kier alpha value is -0.130. The van der Waals surface area contributed by atoms with Gasteiger partial charge in [0, 0.05) is 10.4 Å². The van der Waals surface area contributed by atoms with Gasteiger partial charge in [-0.2, -0.15) is 0 Å². The van der Waals surface area contributed by atoms with E-state index in [0.717, 1.165) is 17.4 Å². The number of hydrazine groups is 1. The van der Waals surface area contributed by atoms with Gasteiger partial charge in [-0.05, 0) is 51.9 Å². The number of thiophene rings is 1. The van der Waals surface area contributed by atoms with Crippen LogP contribution in [0.2, 0.25) is 4.34 Å². The van der Waals surface area contributed by atoms with Gasteiger partial charge in [-0.3, -0.25) is 16.2 Å². The number of hydrogen-bond donors (Lipinski definition) is 2. The van der Waals surface area contributed by atoms with Crippen LogP contribution in [0.4, 0.5) is 0 Å². The third-order valence-electron chi connectivity index (χ3n) is 3.92. The molecule has 0 aliphatic carbocycles. The number of nitrogens with zero attached hydrogens (tertiary/aromatic N) is 1. The lowest BCUT2D eigenvalue weighted by molar-refractivity contribution is 0.0619. The van der Waals surface area contributed by atoms with Crippen LogP contribution in [0.1, 0.15) is 44.0 Å². The topological polar surface area (TPSA) is 41.3 Å². The van der Waals surface area contributed by atoms with Gasteiger partial charge in [0.1, 0.15) is 0 Å². The molecule has 1 aromatic rings. The minimum atomic E-state index is 0.00333. The maximum absolute atomic E-state index is 6.03. The molecule has 0 spiro atoms. The Morgan fingerprint density at radius 1 is 1.33 bits per heavy atom. The molecule has 1 aliphatic heterocycles. The second-order valence-corrected chi connectivity index (χ2v) is 7.19. The number of likely N-dealkylation sites (tertiary alicyclic amines) is 1. The van der Waals surface area contributed by atoms with Crippen LogP contribution in [0, 0.1) is 0 Å². The molecule has 1 aliphatic rings. The van der Waals surface area contributed by atoms with Gasteiger partial charge in [0.15, 0.2) is 0 Å². The van der Waals surface area contributed by atoms with Crippen LogP contribution in [0.3, 0.4) is 0 Å². The van der Waals surface area contributed by atoms with E-state index in [1.165, 1.54) is 24.1 Å². The van der Waals surface area contributed by atoms with Gasteiger partial charge in [-0.1, -0.05) is 18.0 Å². The molecule has 2 rings (SSSR count). The van der Waals surface area contributed by atoms with E-state index < -0.39 is 0 Å². The predicted octanol–water partition coefficient (Wildman–Crippen LogP) is 3.17. The monoisotopic (exact) mass is 287 g/mol. The fourth-order valence-corrected chi connectivity index (χ4v) is 4.07. The van der Waals surface area contributed by atoms with Gasteiger partial charge in [0.2, 0.25) is 0 Å². The van der Waals surface area contributed by atoms with Crippen molar-refractivity contribution in [3.63, 3.8) is 0 Å². The summed E-state index contributed by atoms with van der Waals surface area (Å²) in [6.45, 7) is 6.83. The van der Waals surface area contributed by atoms with Crippen molar-refractivity contribution in [1.29, 1.82) is 0 Å². The quantitative estimate of drug-likeness (QED) is 0.660. The van der Waals surface area contributed by atoms with Crippen LogP contribution in [-0.2, 0) is 0 Å². The normalized spacial score (nSPS) is 20.0. The Morgan fingerprint density at radius 2 is 2.00 bits per heavy atom.